The van der Waals surface area contributed by atoms with E-state index in [2.05, 4.69) is 205 Å². The fraction of sp³-hybridized carbons (Fsp3) is 0.0182. The third kappa shape index (κ3) is 4.84. The second-order valence-corrected chi connectivity index (χ2v) is 16.3. The number of anilines is 3. The topological polar surface area (TPSA) is 16.4 Å². The summed E-state index contributed by atoms with van der Waals surface area (Å²) in [6.45, 7) is 0. The first-order valence-corrected chi connectivity index (χ1v) is 20.6. The van der Waals surface area contributed by atoms with E-state index >= 15 is 0 Å². The van der Waals surface area contributed by atoms with Gasteiger partial charge in [-0.1, -0.05) is 158 Å². The van der Waals surface area contributed by atoms with Crippen molar-refractivity contribution < 1.29 is 4.42 Å². The molecule has 1 aliphatic carbocycles. The van der Waals surface area contributed by atoms with Gasteiger partial charge in [0.2, 0.25) is 0 Å². The number of furan rings is 1. The number of fused-ring (bicyclic) bond motifs is 9. The number of rotatable bonds is 6. The minimum atomic E-state index is -0.574. The molecule has 0 amide bonds. The average molecular weight is 758 g/mol. The van der Waals surface area contributed by atoms with Gasteiger partial charge in [0, 0.05) is 54.1 Å². The molecule has 0 aliphatic heterocycles. The zero-order valence-electron chi connectivity index (χ0n) is 31.5. The summed E-state index contributed by atoms with van der Waals surface area (Å²) in [7, 11) is 0. The lowest BCUT2D eigenvalue weighted by Crippen LogP contribution is -2.29. The van der Waals surface area contributed by atoms with Gasteiger partial charge in [0.25, 0.3) is 0 Å². The van der Waals surface area contributed by atoms with Crippen LogP contribution in [0, 0.1) is 0 Å². The van der Waals surface area contributed by atoms with Crippen LogP contribution in [0.3, 0.4) is 0 Å². The van der Waals surface area contributed by atoms with Crippen LogP contribution in [-0.4, -0.2) is 0 Å². The maximum absolute atomic E-state index is 6.50. The molecule has 12 rings (SSSR count). The summed E-state index contributed by atoms with van der Waals surface area (Å²) in [5.41, 5.74) is 14.4. The van der Waals surface area contributed by atoms with E-state index in [1.54, 1.807) is 0 Å². The smallest absolute Gasteiger partial charge is 0.137 e. The van der Waals surface area contributed by atoms with E-state index in [0.29, 0.717) is 0 Å². The Balaban J connectivity index is 1.13. The van der Waals surface area contributed by atoms with Gasteiger partial charge in [-0.25, -0.2) is 0 Å². The summed E-state index contributed by atoms with van der Waals surface area (Å²) in [6, 6.07) is 77.6. The Bertz CT molecular complexity index is 3340. The summed E-state index contributed by atoms with van der Waals surface area (Å²) < 4.78 is 9.13. The van der Waals surface area contributed by atoms with Crippen LogP contribution in [0.2, 0.25) is 0 Å². The molecule has 0 radical (unpaired) electrons. The van der Waals surface area contributed by atoms with Crippen LogP contribution < -0.4 is 4.90 Å². The Hall–Kier alpha value is -7.20. The molecule has 1 unspecified atom stereocenters. The molecule has 3 heteroatoms. The standard InChI is InChI=1S/C55H35NOS/c1-3-14-36(15-4-1)37-26-28-39(29-27-37)56(41-31-33-45-44-19-8-11-24-51(44)57-52(45)35-41)40-30-32-43-42-18-7-10-22-48(42)55(50(43)34-40,38-16-5-2-6-17-38)49-23-13-21-47-46-20-9-12-25-53(46)58-54(47)49/h1-35H. The van der Waals surface area contributed by atoms with Crippen LogP contribution in [0.25, 0.3) is 64.4 Å². The molecule has 0 bridgehead atoms. The highest BCUT2D eigenvalue weighted by Gasteiger charge is 2.47. The molecule has 1 atom stereocenters. The Morgan fingerprint density at radius 2 is 0.983 bits per heavy atom. The van der Waals surface area contributed by atoms with Crippen molar-refractivity contribution in [2.24, 2.45) is 0 Å². The monoisotopic (exact) mass is 757 g/mol. The number of para-hydroxylation sites is 1. The normalized spacial score (nSPS) is 14.6. The molecule has 0 N–H and O–H groups in total. The first-order chi connectivity index (χ1) is 28.8. The molecule has 0 spiro atoms. The Labute approximate surface area is 340 Å². The summed E-state index contributed by atoms with van der Waals surface area (Å²) in [5, 5.41) is 4.84. The lowest BCUT2D eigenvalue weighted by atomic mass is 9.67. The van der Waals surface area contributed by atoms with Crippen LogP contribution in [0.5, 0.6) is 0 Å². The van der Waals surface area contributed by atoms with Gasteiger partial charge in [-0.3, -0.25) is 0 Å². The highest BCUT2D eigenvalue weighted by atomic mass is 32.1. The average Bonchev–Trinajstić information content (AvgIpc) is 3.95. The van der Waals surface area contributed by atoms with Gasteiger partial charge < -0.3 is 9.32 Å². The molecule has 9 aromatic carbocycles. The molecule has 272 valence electrons. The summed E-state index contributed by atoms with van der Waals surface area (Å²) >= 11 is 1.90. The van der Waals surface area contributed by atoms with Gasteiger partial charge in [-0.2, -0.15) is 0 Å². The predicted molar refractivity (Wildman–Crippen MR) is 244 cm³/mol. The van der Waals surface area contributed by atoms with Crippen molar-refractivity contribution in [1.82, 2.24) is 0 Å². The number of hydrogen-bond donors (Lipinski definition) is 0. The van der Waals surface area contributed by atoms with E-state index in [1.165, 1.54) is 64.7 Å². The minimum Gasteiger partial charge on any atom is -0.456 e. The van der Waals surface area contributed by atoms with Gasteiger partial charge in [-0.05, 0) is 93.0 Å². The number of benzene rings is 9. The van der Waals surface area contributed by atoms with Crippen LogP contribution in [-0.2, 0) is 5.41 Å². The van der Waals surface area contributed by atoms with Gasteiger partial charge >= 0.3 is 0 Å². The molecular weight excluding hydrogens is 723 g/mol. The Morgan fingerprint density at radius 3 is 1.84 bits per heavy atom. The SMILES string of the molecule is c1ccc(-c2ccc(N(c3ccc4c(c3)C(c3ccccc3)(c3cccc5c3sc3ccccc35)c3ccccc3-4)c3ccc4c(c3)oc3ccccc34)cc2)cc1. The van der Waals surface area contributed by atoms with E-state index in [1.807, 2.05) is 23.5 Å². The van der Waals surface area contributed by atoms with Crippen molar-refractivity contribution in [2.45, 2.75) is 5.41 Å². The lowest BCUT2D eigenvalue weighted by molar-refractivity contribution is 0.669. The van der Waals surface area contributed by atoms with Crippen LogP contribution in [0.15, 0.2) is 217 Å². The third-order valence-corrected chi connectivity index (χ3v) is 13.4. The fourth-order valence-corrected chi connectivity index (χ4v) is 10.9. The zero-order chi connectivity index (χ0) is 38.2. The Kier molecular flexibility index (Phi) is 7.35. The van der Waals surface area contributed by atoms with Gasteiger partial charge in [-0.15, -0.1) is 11.3 Å². The van der Waals surface area contributed by atoms with Gasteiger partial charge in [0.05, 0.1) is 5.41 Å². The number of thiophene rings is 1. The molecule has 2 nitrogen and oxygen atoms in total. The summed E-state index contributed by atoms with van der Waals surface area (Å²) in [4.78, 5) is 2.39. The highest BCUT2D eigenvalue weighted by molar-refractivity contribution is 7.26. The van der Waals surface area contributed by atoms with Crippen LogP contribution in [0.1, 0.15) is 22.3 Å². The first kappa shape index (κ1) is 33.0. The molecule has 58 heavy (non-hydrogen) atoms. The van der Waals surface area contributed by atoms with Crippen molar-refractivity contribution in [3.05, 3.63) is 235 Å². The van der Waals surface area contributed by atoms with Crippen LogP contribution >= 0.6 is 11.3 Å². The molecular formula is C55H35NOS. The zero-order valence-corrected chi connectivity index (χ0v) is 32.3. The maximum Gasteiger partial charge on any atom is 0.137 e. The first-order valence-electron chi connectivity index (χ1n) is 19.8. The van der Waals surface area contributed by atoms with E-state index in [9.17, 15) is 0 Å². The van der Waals surface area contributed by atoms with Crippen LogP contribution in [0.4, 0.5) is 17.1 Å². The van der Waals surface area contributed by atoms with E-state index < -0.39 is 5.41 Å². The van der Waals surface area contributed by atoms with Crippen molar-refractivity contribution in [1.29, 1.82) is 0 Å². The van der Waals surface area contributed by atoms with E-state index in [-0.39, 0.29) is 0 Å². The molecule has 0 fully saturated rings. The minimum absolute atomic E-state index is 0.574. The second kappa shape index (κ2) is 12.9. The molecule has 2 heterocycles. The molecule has 1 aliphatic rings. The fourth-order valence-electron chi connectivity index (χ4n) is 9.63. The third-order valence-electron chi connectivity index (χ3n) is 12.2. The number of hydrogen-bond acceptors (Lipinski definition) is 3. The molecule has 2 aromatic heterocycles. The summed E-state index contributed by atoms with van der Waals surface area (Å²) in [5.74, 6) is 0. The quantitative estimate of drug-likeness (QED) is 0.168. The lowest BCUT2D eigenvalue weighted by Gasteiger charge is -2.35. The van der Waals surface area contributed by atoms with E-state index in [4.69, 9.17) is 4.42 Å². The largest absolute Gasteiger partial charge is 0.456 e. The van der Waals surface area contributed by atoms with Crippen molar-refractivity contribution in [3.63, 3.8) is 0 Å². The summed E-state index contributed by atoms with van der Waals surface area (Å²) in [6.07, 6.45) is 0. The highest BCUT2D eigenvalue weighted by Crippen LogP contribution is 2.59. The van der Waals surface area contributed by atoms with Crippen molar-refractivity contribution in [3.8, 4) is 22.3 Å². The van der Waals surface area contributed by atoms with Crippen molar-refractivity contribution >= 4 is 70.5 Å². The molecule has 0 saturated carbocycles. The Morgan fingerprint density at radius 1 is 0.379 bits per heavy atom. The molecule has 11 aromatic rings. The number of nitrogens with zero attached hydrogens (tertiary/aromatic N) is 1. The van der Waals surface area contributed by atoms with E-state index in [0.717, 1.165) is 39.0 Å². The van der Waals surface area contributed by atoms with Gasteiger partial charge in [0.1, 0.15) is 11.2 Å². The predicted octanol–water partition coefficient (Wildman–Crippen LogP) is 15.5. The second-order valence-electron chi connectivity index (χ2n) is 15.2. The maximum atomic E-state index is 6.50. The van der Waals surface area contributed by atoms with Gasteiger partial charge in [0.15, 0.2) is 0 Å². The van der Waals surface area contributed by atoms with Crippen molar-refractivity contribution in [2.75, 3.05) is 4.90 Å². The molecule has 0 saturated heterocycles.